The molecule has 15 heavy (non-hydrogen) atoms. The molecule has 1 aromatic rings. The van der Waals surface area contributed by atoms with Crippen LogP contribution < -0.4 is 0 Å². The van der Waals surface area contributed by atoms with E-state index in [0.717, 1.165) is 4.68 Å². The van der Waals surface area contributed by atoms with E-state index >= 15 is 0 Å². The van der Waals surface area contributed by atoms with E-state index in [9.17, 15) is 9.18 Å². The highest BCUT2D eigenvalue weighted by Crippen LogP contribution is 2.23. The first kappa shape index (κ1) is 12.0. The Hall–Kier alpha value is -1.10. The van der Waals surface area contributed by atoms with Crippen LogP contribution in [0.5, 0.6) is 0 Å². The minimum Gasteiger partial charge on any atom is -0.462 e. The lowest BCUT2D eigenvalue weighted by Crippen LogP contribution is -2.20. The Bertz CT molecular complexity index is 378. The van der Waals surface area contributed by atoms with Crippen molar-refractivity contribution in [1.29, 1.82) is 0 Å². The number of aromatic nitrogens is 2. The second-order valence-corrected chi connectivity index (χ2v) is 3.40. The summed E-state index contributed by atoms with van der Waals surface area (Å²) in [6.07, 6.45) is -1.93. The fourth-order valence-corrected chi connectivity index (χ4v) is 1.30. The molecular formula is C9H12ClFN2O2. The van der Waals surface area contributed by atoms with Gasteiger partial charge in [-0.15, -0.1) is 0 Å². The minimum atomic E-state index is -1.93. The van der Waals surface area contributed by atoms with Gasteiger partial charge in [0.05, 0.1) is 23.0 Å². The van der Waals surface area contributed by atoms with Crippen molar-refractivity contribution in [2.45, 2.75) is 27.1 Å². The van der Waals surface area contributed by atoms with Crippen molar-refractivity contribution in [1.82, 2.24) is 9.78 Å². The third-order valence-corrected chi connectivity index (χ3v) is 2.48. The molecule has 1 heterocycles. The van der Waals surface area contributed by atoms with E-state index in [1.165, 1.54) is 0 Å². The van der Waals surface area contributed by atoms with Gasteiger partial charge < -0.3 is 4.74 Å². The Morgan fingerprint density at radius 1 is 1.67 bits per heavy atom. The van der Waals surface area contributed by atoms with Gasteiger partial charge in [0.1, 0.15) is 0 Å². The highest BCUT2D eigenvalue weighted by molar-refractivity contribution is 6.31. The van der Waals surface area contributed by atoms with E-state index in [1.807, 2.05) is 0 Å². The summed E-state index contributed by atoms with van der Waals surface area (Å²) in [5.41, 5.74) is 0.899. The summed E-state index contributed by atoms with van der Waals surface area (Å²) in [7, 11) is 0. The maximum absolute atomic E-state index is 13.5. The van der Waals surface area contributed by atoms with Crippen molar-refractivity contribution >= 4 is 17.6 Å². The second kappa shape index (κ2) is 4.61. The molecule has 1 atom stereocenters. The van der Waals surface area contributed by atoms with Gasteiger partial charge in [0.25, 0.3) is 6.30 Å². The highest BCUT2D eigenvalue weighted by atomic mass is 35.5. The molecule has 1 rings (SSSR count). The molecular weight excluding hydrogens is 223 g/mol. The monoisotopic (exact) mass is 234 g/mol. The predicted octanol–water partition coefficient (Wildman–Crippen LogP) is 2.18. The van der Waals surface area contributed by atoms with Crippen molar-refractivity contribution in [2.75, 3.05) is 6.61 Å². The number of carbonyl (C=O) groups is 1. The van der Waals surface area contributed by atoms with Crippen molar-refractivity contribution in [3.63, 3.8) is 0 Å². The summed E-state index contributed by atoms with van der Waals surface area (Å²) in [6.45, 7) is 4.98. The van der Waals surface area contributed by atoms with Crippen molar-refractivity contribution in [2.24, 2.45) is 0 Å². The zero-order valence-electron chi connectivity index (χ0n) is 8.75. The quantitative estimate of drug-likeness (QED) is 0.753. The van der Waals surface area contributed by atoms with Crippen LogP contribution in [0.3, 0.4) is 0 Å². The van der Waals surface area contributed by atoms with Gasteiger partial charge >= 0.3 is 5.97 Å². The number of nitrogens with zero attached hydrogens (tertiary/aromatic N) is 2. The number of carbonyl (C=O) groups excluding carboxylic acids is 1. The molecule has 0 aliphatic heterocycles. The molecule has 0 bridgehead atoms. The van der Waals surface area contributed by atoms with Gasteiger partial charge in [-0.3, -0.25) is 0 Å². The third kappa shape index (κ3) is 2.28. The molecule has 0 aliphatic rings. The first-order valence-electron chi connectivity index (χ1n) is 4.51. The molecule has 1 aromatic heterocycles. The summed E-state index contributed by atoms with van der Waals surface area (Å²) >= 11 is 5.82. The largest absolute Gasteiger partial charge is 0.462 e. The average molecular weight is 235 g/mol. The third-order valence-electron chi connectivity index (χ3n) is 1.93. The molecule has 0 aromatic carbocycles. The van der Waals surface area contributed by atoms with E-state index in [2.05, 4.69) is 9.84 Å². The lowest BCUT2D eigenvalue weighted by Gasteiger charge is -2.09. The number of aryl methyl sites for hydroxylation is 1. The number of alkyl halides is 1. The van der Waals surface area contributed by atoms with Crippen LogP contribution in [0.1, 0.15) is 24.6 Å². The van der Waals surface area contributed by atoms with Gasteiger partial charge in [-0.1, -0.05) is 11.6 Å². The Labute approximate surface area is 92.0 Å². The zero-order chi connectivity index (χ0) is 11.6. The van der Waals surface area contributed by atoms with Crippen molar-refractivity contribution < 1.29 is 13.9 Å². The molecule has 0 saturated carbocycles. The minimum absolute atomic E-state index is 0.131. The van der Waals surface area contributed by atoms with Gasteiger partial charge in [-0.2, -0.15) is 5.10 Å². The van der Waals surface area contributed by atoms with Crippen LogP contribution in [-0.2, 0) is 9.53 Å². The SMILES string of the molecule is CCOC(=O)C(F)n1nc(C)c(Cl)c1C. The Morgan fingerprint density at radius 2 is 2.27 bits per heavy atom. The Balaban J connectivity index is 2.96. The number of halogens is 2. The molecule has 4 nitrogen and oxygen atoms in total. The van der Waals surface area contributed by atoms with Gasteiger partial charge in [0.15, 0.2) is 0 Å². The number of ether oxygens (including phenoxy) is 1. The summed E-state index contributed by atoms with van der Waals surface area (Å²) < 4.78 is 19.0. The molecule has 0 aliphatic carbocycles. The average Bonchev–Trinajstić information content (AvgIpc) is 2.45. The van der Waals surface area contributed by atoms with E-state index in [1.54, 1.807) is 20.8 Å². The summed E-state index contributed by atoms with van der Waals surface area (Å²) in [4.78, 5) is 11.1. The summed E-state index contributed by atoms with van der Waals surface area (Å²) in [5.74, 6) is -0.959. The van der Waals surface area contributed by atoms with E-state index < -0.39 is 12.3 Å². The van der Waals surface area contributed by atoms with Gasteiger partial charge in [-0.25, -0.2) is 13.9 Å². The molecule has 0 spiro atoms. The number of hydrogen-bond donors (Lipinski definition) is 0. The van der Waals surface area contributed by atoms with Crippen LogP contribution in [0, 0.1) is 13.8 Å². The lowest BCUT2D eigenvalue weighted by molar-refractivity contribution is -0.153. The fraction of sp³-hybridized carbons (Fsp3) is 0.556. The summed E-state index contributed by atoms with van der Waals surface area (Å²) in [5, 5.41) is 4.18. The van der Waals surface area contributed by atoms with E-state index in [4.69, 9.17) is 11.6 Å². The topological polar surface area (TPSA) is 44.1 Å². The van der Waals surface area contributed by atoms with Crippen LogP contribution in [-0.4, -0.2) is 22.4 Å². The maximum atomic E-state index is 13.5. The van der Waals surface area contributed by atoms with Crippen LogP contribution >= 0.6 is 11.6 Å². The molecule has 0 amide bonds. The molecule has 84 valence electrons. The van der Waals surface area contributed by atoms with Crippen molar-refractivity contribution in [3.05, 3.63) is 16.4 Å². The number of esters is 1. The molecule has 0 N–H and O–H groups in total. The van der Waals surface area contributed by atoms with Crippen LogP contribution in [0.25, 0.3) is 0 Å². The second-order valence-electron chi connectivity index (χ2n) is 3.02. The maximum Gasteiger partial charge on any atom is 0.363 e. The standard InChI is InChI=1S/C9H12ClFN2O2/c1-4-15-9(14)8(11)13-6(3)7(10)5(2)12-13/h8H,4H2,1-3H3. The number of hydrogen-bond acceptors (Lipinski definition) is 3. The van der Waals surface area contributed by atoms with Gasteiger partial charge in [0.2, 0.25) is 0 Å². The molecule has 0 saturated heterocycles. The normalized spacial score (nSPS) is 12.6. The van der Waals surface area contributed by atoms with Gasteiger partial charge in [0, 0.05) is 0 Å². The van der Waals surface area contributed by atoms with Gasteiger partial charge in [-0.05, 0) is 20.8 Å². The smallest absolute Gasteiger partial charge is 0.363 e. The lowest BCUT2D eigenvalue weighted by atomic mass is 10.4. The van der Waals surface area contributed by atoms with Crippen LogP contribution in [0.2, 0.25) is 5.02 Å². The zero-order valence-corrected chi connectivity index (χ0v) is 9.51. The molecule has 0 fully saturated rings. The van der Waals surface area contributed by atoms with Crippen molar-refractivity contribution in [3.8, 4) is 0 Å². The Kier molecular flexibility index (Phi) is 3.68. The van der Waals surface area contributed by atoms with Crippen LogP contribution in [0.15, 0.2) is 0 Å². The molecule has 1 unspecified atom stereocenters. The van der Waals surface area contributed by atoms with Crippen LogP contribution in [0.4, 0.5) is 4.39 Å². The predicted molar refractivity (Wildman–Crippen MR) is 53.5 cm³/mol. The fourth-order valence-electron chi connectivity index (χ4n) is 1.17. The van der Waals surface area contributed by atoms with E-state index in [0.29, 0.717) is 16.4 Å². The Morgan fingerprint density at radius 3 is 2.67 bits per heavy atom. The molecule has 0 radical (unpaired) electrons. The summed E-state index contributed by atoms with van der Waals surface area (Å²) in [6, 6.07) is 0. The van der Waals surface area contributed by atoms with E-state index in [-0.39, 0.29) is 6.61 Å². The molecule has 6 heteroatoms. The first-order chi connectivity index (χ1) is 6.99. The highest BCUT2D eigenvalue weighted by Gasteiger charge is 2.25. The number of rotatable bonds is 3. The first-order valence-corrected chi connectivity index (χ1v) is 4.88.